The number of aromatic nitrogens is 2. The zero-order valence-corrected chi connectivity index (χ0v) is 14.9. The first-order valence-electron chi connectivity index (χ1n) is 9.24. The maximum absolute atomic E-state index is 13.6. The largest absolute Gasteiger partial charge is 0.488 e. The highest BCUT2D eigenvalue weighted by molar-refractivity contribution is 5.89. The number of ether oxygens (including phenoxy) is 1. The topological polar surface area (TPSA) is 39.1 Å². The fourth-order valence-corrected chi connectivity index (χ4v) is 4.22. The van der Waals surface area contributed by atoms with Crippen LogP contribution in [0.15, 0.2) is 78.4 Å². The summed E-state index contributed by atoms with van der Waals surface area (Å²) in [6.07, 6.45) is 0. The molecule has 1 aromatic heterocycles. The molecule has 0 spiro atoms. The van der Waals surface area contributed by atoms with Gasteiger partial charge in [0.05, 0.1) is 22.8 Å². The van der Waals surface area contributed by atoms with Crippen molar-refractivity contribution in [2.75, 3.05) is 11.9 Å². The van der Waals surface area contributed by atoms with E-state index in [-0.39, 0.29) is 11.9 Å². The quantitative estimate of drug-likeness (QED) is 0.514. The van der Waals surface area contributed by atoms with E-state index in [1.54, 1.807) is 0 Å². The smallest absolute Gasteiger partial charge is 0.209 e. The molecule has 28 heavy (non-hydrogen) atoms. The Hall–Kier alpha value is -3.60. The van der Waals surface area contributed by atoms with Crippen LogP contribution in [0.2, 0.25) is 0 Å². The van der Waals surface area contributed by atoms with Gasteiger partial charge in [-0.25, -0.2) is 9.37 Å². The molecule has 0 aliphatic carbocycles. The van der Waals surface area contributed by atoms with Gasteiger partial charge in [0.25, 0.3) is 0 Å². The first-order chi connectivity index (χ1) is 13.8. The minimum absolute atomic E-state index is 0.118. The van der Waals surface area contributed by atoms with E-state index in [2.05, 4.69) is 22.0 Å². The monoisotopic (exact) mass is 369 g/mol. The molecule has 3 aromatic carbocycles. The van der Waals surface area contributed by atoms with Crippen LogP contribution in [-0.2, 0) is 0 Å². The highest BCUT2D eigenvalue weighted by Gasteiger charge is 2.35. The van der Waals surface area contributed by atoms with Gasteiger partial charge in [0, 0.05) is 11.1 Å². The minimum atomic E-state index is -0.243. The number of benzene rings is 3. The van der Waals surface area contributed by atoms with Crippen LogP contribution in [0.4, 0.5) is 10.3 Å². The molecule has 2 aliphatic heterocycles. The summed E-state index contributed by atoms with van der Waals surface area (Å²) < 4.78 is 21.9. The van der Waals surface area contributed by atoms with E-state index in [0.29, 0.717) is 6.61 Å². The zero-order chi connectivity index (χ0) is 18.7. The molecule has 4 aromatic rings. The average Bonchev–Trinajstić information content (AvgIpc) is 3.11. The van der Waals surface area contributed by atoms with Gasteiger partial charge in [-0.1, -0.05) is 36.4 Å². The second kappa shape index (κ2) is 5.70. The lowest BCUT2D eigenvalue weighted by Gasteiger charge is -2.35. The Bertz CT molecular complexity index is 1260. The molecule has 5 heteroatoms. The van der Waals surface area contributed by atoms with E-state index in [1.807, 2.05) is 48.5 Å². The number of para-hydroxylation sites is 3. The minimum Gasteiger partial charge on any atom is -0.488 e. The number of imidazole rings is 1. The molecule has 2 aliphatic rings. The van der Waals surface area contributed by atoms with Gasteiger partial charge in [0.2, 0.25) is 5.95 Å². The SMILES string of the molecule is Fc1ccc([C@H]2C3=C(Nc4nc5ccccc5n42)c2ccccc2OC3)cc1. The molecule has 4 nitrogen and oxygen atoms in total. The molecule has 0 radical (unpaired) electrons. The molecule has 3 heterocycles. The van der Waals surface area contributed by atoms with E-state index in [9.17, 15) is 4.39 Å². The molecular formula is C23H16FN3O. The maximum atomic E-state index is 13.6. The maximum Gasteiger partial charge on any atom is 0.209 e. The Kier molecular flexibility index (Phi) is 3.14. The fourth-order valence-electron chi connectivity index (χ4n) is 4.22. The van der Waals surface area contributed by atoms with Crippen molar-refractivity contribution < 1.29 is 9.13 Å². The van der Waals surface area contributed by atoms with Gasteiger partial charge in [-0.05, 0) is 42.0 Å². The summed E-state index contributed by atoms with van der Waals surface area (Å²) in [4.78, 5) is 4.81. The van der Waals surface area contributed by atoms with Gasteiger partial charge in [-0.15, -0.1) is 0 Å². The molecule has 0 fully saturated rings. The standard InChI is InChI=1S/C23H16FN3O/c24-15-11-9-14(10-12-15)22-17-13-28-20-8-4-1-5-16(20)21(17)26-23-25-18-6-2-3-7-19(18)27(22)23/h1-12,22H,13H2,(H,25,26)/t22-/m0/s1. The molecule has 6 rings (SSSR count). The summed E-state index contributed by atoms with van der Waals surface area (Å²) in [5, 5.41) is 3.53. The molecule has 0 bridgehead atoms. The van der Waals surface area contributed by atoms with E-state index in [0.717, 1.165) is 45.1 Å². The van der Waals surface area contributed by atoms with E-state index in [1.165, 1.54) is 12.1 Å². The molecule has 0 saturated carbocycles. The molecular weight excluding hydrogens is 353 g/mol. The third kappa shape index (κ3) is 2.13. The van der Waals surface area contributed by atoms with Crippen molar-refractivity contribution in [2.24, 2.45) is 0 Å². The summed E-state index contributed by atoms with van der Waals surface area (Å²) in [6, 6.07) is 22.7. The summed E-state index contributed by atoms with van der Waals surface area (Å²) in [7, 11) is 0. The lowest BCUT2D eigenvalue weighted by molar-refractivity contribution is 0.332. The Labute approximate surface area is 160 Å². The van der Waals surface area contributed by atoms with Gasteiger partial charge in [-0.3, -0.25) is 4.57 Å². The third-order valence-corrected chi connectivity index (χ3v) is 5.47. The molecule has 1 atom stereocenters. The van der Waals surface area contributed by atoms with Crippen molar-refractivity contribution in [3.05, 3.63) is 95.3 Å². The fraction of sp³-hybridized carbons (Fsp3) is 0.0870. The van der Waals surface area contributed by atoms with Crippen molar-refractivity contribution in [2.45, 2.75) is 6.04 Å². The molecule has 0 amide bonds. The summed E-state index contributed by atoms with van der Waals surface area (Å²) in [5.74, 6) is 1.40. The number of halogens is 1. The Morgan fingerprint density at radius 1 is 0.964 bits per heavy atom. The van der Waals surface area contributed by atoms with E-state index < -0.39 is 0 Å². The van der Waals surface area contributed by atoms with Gasteiger partial charge < -0.3 is 10.1 Å². The Balaban J connectivity index is 1.65. The Morgan fingerprint density at radius 2 is 1.75 bits per heavy atom. The molecule has 1 N–H and O–H groups in total. The van der Waals surface area contributed by atoms with Gasteiger partial charge in [0.1, 0.15) is 18.2 Å². The van der Waals surface area contributed by atoms with Gasteiger partial charge >= 0.3 is 0 Å². The third-order valence-electron chi connectivity index (χ3n) is 5.47. The second-order valence-corrected chi connectivity index (χ2v) is 7.06. The highest BCUT2D eigenvalue weighted by atomic mass is 19.1. The first kappa shape index (κ1) is 15.5. The van der Waals surface area contributed by atoms with Crippen molar-refractivity contribution in [1.29, 1.82) is 0 Å². The lowest BCUT2D eigenvalue weighted by atomic mass is 9.91. The number of fused-ring (bicyclic) bond motifs is 5. The zero-order valence-electron chi connectivity index (χ0n) is 14.9. The number of hydrogen-bond acceptors (Lipinski definition) is 3. The van der Waals surface area contributed by atoms with Crippen LogP contribution in [0.1, 0.15) is 17.2 Å². The number of nitrogens with zero attached hydrogens (tertiary/aromatic N) is 2. The highest BCUT2D eigenvalue weighted by Crippen LogP contribution is 2.45. The van der Waals surface area contributed by atoms with Crippen molar-refractivity contribution in [3.8, 4) is 5.75 Å². The molecule has 136 valence electrons. The number of anilines is 1. The van der Waals surface area contributed by atoms with Crippen molar-refractivity contribution >= 4 is 22.7 Å². The average molecular weight is 369 g/mol. The van der Waals surface area contributed by atoms with Crippen LogP contribution in [0, 0.1) is 5.82 Å². The summed E-state index contributed by atoms with van der Waals surface area (Å²) in [6.45, 7) is 0.466. The van der Waals surface area contributed by atoms with Crippen LogP contribution in [0.25, 0.3) is 16.7 Å². The normalized spacial score (nSPS) is 17.4. The summed E-state index contributed by atoms with van der Waals surface area (Å²) >= 11 is 0. The van der Waals surface area contributed by atoms with Gasteiger partial charge in [-0.2, -0.15) is 0 Å². The predicted octanol–water partition coefficient (Wildman–Crippen LogP) is 4.99. The van der Waals surface area contributed by atoms with Crippen LogP contribution in [0.5, 0.6) is 5.75 Å². The molecule has 0 saturated heterocycles. The van der Waals surface area contributed by atoms with Crippen molar-refractivity contribution in [1.82, 2.24) is 9.55 Å². The van der Waals surface area contributed by atoms with Crippen LogP contribution >= 0.6 is 0 Å². The lowest BCUT2D eigenvalue weighted by Crippen LogP contribution is -2.29. The number of hydrogen-bond donors (Lipinski definition) is 1. The number of nitrogens with one attached hydrogen (secondary N) is 1. The Morgan fingerprint density at radius 3 is 2.64 bits per heavy atom. The summed E-state index contributed by atoms with van der Waals surface area (Å²) in [5.41, 5.74) is 6.12. The number of rotatable bonds is 1. The predicted molar refractivity (Wildman–Crippen MR) is 107 cm³/mol. The molecule has 0 unspecified atom stereocenters. The van der Waals surface area contributed by atoms with Crippen LogP contribution < -0.4 is 10.1 Å². The van der Waals surface area contributed by atoms with Crippen LogP contribution in [-0.4, -0.2) is 16.2 Å². The van der Waals surface area contributed by atoms with Crippen LogP contribution in [0.3, 0.4) is 0 Å². The van der Waals surface area contributed by atoms with E-state index >= 15 is 0 Å². The van der Waals surface area contributed by atoms with Gasteiger partial charge in [0.15, 0.2) is 0 Å². The first-order valence-corrected chi connectivity index (χ1v) is 9.24. The van der Waals surface area contributed by atoms with Crippen molar-refractivity contribution in [3.63, 3.8) is 0 Å². The van der Waals surface area contributed by atoms with E-state index in [4.69, 9.17) is 9.72 Å². The second-order valence-electron chi connectivity index (χ2n) is 7.06.